The van der Waals surface area contributed by atoms with E-state index in [2.05, 4.69) is 5.32 Å². The lowest BCUT2D eigenvalue weighted by molar-refractivity contribution is 0.231. The molecule has 88 valence electrons. The van der Waals surface area contributed by atoms with Crippen molar-refractivity contribution in [1.29, 1.82) is 0 Å². The second kappa shape index (κ2) is 4.63. The maximum absolute atomic E-state index is 11.6. The van der Waals surface area contributed by atoms with Gasteiger partial charge >= 0.3 is 6.03 Å². The second-order valence-corrected chi connectivity index (χ2v) is 4.37. The lowest BCUT2D eigenvalue weighted by Gasteiger charge is -2.14. The van der Waals surface area contributed by atoms with Crippen LogP contribution < -0.4 is 5.32 Å². The van der Waals surface area contributed by atoms with Crippen LogP contribution in [0.3, 0.4) is 0 Å². The van der Waals surface area contributed by atoms with Crippen LogP contribution in [0.4, 0.5) is 10.5 Å². The number of halogens is 1. The van der Waals surface area contributed by atoms with Gasteiger partial charge in [-0.05, 0) is 12.1 Å². The molecule has 0 aliphatic carbocycles. The Labute approximate surface area is 105 Å². The first-order valence-corrected chi connectivity index (χ1v) is 5.63. The number of hydrogen-bond acceptors (Lipinski definition) is 1. The van der Waals surface area contributed by atoms with Gasteiger partial charge in [0.25, 0.3) is 0 Å². The number of amides is 2. The highest BCUT2D eigenvalue weighted by molar-refractivity contribution is 6.36. The molecule has 0 aromatic heterocycles. The molecule has 2 rings (SSSR count). The van der Waals surface area contributed by atoms with Gasteiger partial charge in [-0.3, -0.25) is 0 Å². The number of fused-ring (bicyclic) bond motifs is 1. The van der Waals surface area contributed by atoms with Crippen LogP contribution in [0.25, 0.3) is 10.8 Å². The van der Waals surface area contributed by atoms with E-state index in [1.807, 2.05) is 30.3 Å². The molecular weight excluding hydrogens is 236 g/mol. The molecule has 0 spiro atoms. The third-order valence-corrected chi connectivity index (χ3v) is 2.85. The van der Waals surface area contributed by atoms with Gasteiger partial charge in [0.05, 0.1) is 5.69 Å². The first-order chi connectivity index (χ1) is 8.09. The summed E-state index contributed by atoms with van der Waals surface area (Å²) in [4.78, 5) is 13.1. The summed E-state index contributed by atoms with van der Waals surface area (Å²) in [6.07, 6.45) is 0. The van der Waals surface area contributed by atoms with Crippen molar-refractivity contribution < 1.29 is 4.79 Å². The van der Waals surface area contributed by atoms with Crippen LogP contribution in [0.1, 0.15) is 0 Å². The van der Waals surface area contributed by atoms with Gasteiger partial charge in [0.15, 0.2) is 0 Å². The standard InChI is InChI=1S/C13H13ClN2O/c1-16(2)13(17)15-12-8-7-11(14)9-5-3-4-6-10(9)12/h3-8H,1-2H3,(H,15,17). The summed E-state index contributed by atoms with van der Waals surface area (Å²) >= 11 is 6.10. The van der Waals surface area contributed by atoms with Crippen molar-refractivity contribution in [2.75, 3.05) is 19.4 Å². The first-order valence-electron chi connectivity index (χ1n) is 5.25. The zero-order valence-electron chi connectivity index (χ0n) is 9.70. The van der Waals surface area contributed by atoms with Crippen molar-refractivity contribution in [3.05, 3.63) is 41.4 Å². The van der Waals surface area contributed by atoms with E-state index in [9.17, 15) is 4.79 Å². The Morgan fingerprint density at radius 2 is 1.76 bits per heavy atom. The van der Waals surface area contributed by atoms with Crippen LogP contribution in [0.2, 0.25) is 5.02 Å². The average molecular weight is 249 g/mol. The third-order valence-electron chi connectivity index (χ3n) is 2.52. The van der Waals surface area contributed by atoms with E-state index in [1.165, 1.54) is 4.90 Å². The molecule has 0 atom stereocenters. The number of carbonyl (C=O) groups is 1. The third kappa shape index (κ3) is 2.34. The molecule has 0 heterocycles. The molecular formula is C13H13ClN2O. The van der Waals surface area contributed by atoms with Crippen LogP contribution in [-0.4, -0.2) is 25.0 Å². The summed E-state index contributed by atoms with van der Waals surface area (Å²) in [5, 5.41) is 5.40. The molecule has 1 N–H and O–H groups in total. The van der Waals surface area contributed by atoms with Crippen molar-refractivity contribution in [2.24, 2.45) is 0 Å². The van der Waals surface area contributed by atoms with Gasteiger partial charge in [0, 0.05) is 29.9 Å². The zero-order chi connectivity index (χ0) is 12.4. The Hall–Kier alpha value is -1.74. The molecule has 0 saturated heterocycles. The van der Waals surface area contributed by atoms with Crippen LogP contribution in [0.5, 0.6) is 0 Å². The van der Waals surface area contributed by atoms with Gasteiger partial charge in [-0.15, -0.1) is 0 Å². The topological polar surface area (TPSA) is 32.3 Å². The van der Waals surface area contributed by atoms with Crippen LogP contribution in [0, 0.1) is 0 Å². The van der Waals surface area contributed by atoms with E-state index >= 15 is 0 Å². The lowest BCUT2D eigenvalue weighted by Crippen LogP contribution is -2.27. The van der Waals surface area contributed by atoms with Gasteiger partial charge in [-0.1, -0.05) is 35.9 Å². The van der Waals surface area contributed by atoms with E-state index in [-0.39, 0.29) is 6.03 Å². The summed E-state index contributed by atoms with van der Waals surface area (Å²) in [5.41, 5.74) is 0.767. The molecule has 2 aromatic carbocycles. The minimum atomic E-state index is -0.155. The highest BCUT2D eigenvalue weighted by Gasteiger charge is 2.08. The Balaban J connectivity index is 2.48. The first kappa shape index (κ1) is 11.7. The minimum absolute atomic E-state index is 0.155. The molecule has 2 aromatic rings. The average Bonchev–Trinajstić information content (AvgIpc) is 2.33. The maximum Gasteiger partial charge on any atom is 0.321 e. The number of benzene rings is 2. The second-order valence-electron chi connectivity index (χ2n) is 3.97. The molecule has 3 nitrogen and oxygen atoms in total. The minimum Gasteiger partial charge on any atom is -0.331 e. The fourth-order valence-electron chi connectivity index (χ4n) is 1.60. The monoisotopic (exact) mass is 248 g/mol. The Bertz CT molecular complexity index is 566. The molecule has 4 heteroatoms. The van der Waals surface area contributed by atoms with Gasteiger partial charge < -0.3 is 10.2 Å². The molecule has 0 radical (unpaired) electrons. The smallest absolute Gasteiger partial charge is 0.321 e. The van der Waals surface area contributed by atoms with Gasteiger partial charge in [0.1, 0.15) is 0 Å². The van der Waals surface area contributed by atoms with Gasteiger partial charge in [0.2, 0.25) is 0 Å². The molecule has 0 bridgehead atoms. The summed E-state index contributed by atoms with van der Waals surface area (Å²) in [7, 11) is 3.40. The van der Waals surface area contributed by atoms with Crippen molar-refractivity contribution in [1.82, 2.24) is 4.90 Å². The predicted octanol–water partition coefficient (Wildman–Crippen LogP) is 3.59. The zero-order valence-corrected chi connectivity index (χ0v) is 10.5. The number of nitrogens with zero attached hydrogens (tertiary/aromatic N) is 1. The predicted molar refractivity (Wildman–Crippen MR) is 71.7 cm³/mol. The largest absolute Gasteiger partial charge is 0.331 e. The fraction of sp³-hybridized carbons (Fsp3) is 0.154. The molecule has 0 fully saturated rings. The van der Waals surface area contributed by atoms with Crippen LogP contribution in [0.15, 0.2) is 36.4 Å². The lowest BCUT2D eigenvalue weighted by atomic mass is 10.1. The summed E-state index contributed by atoms with van der Waals surface area (Å²) in [6.45, 7) is 0. The van der Waals surface area contributed by atoms with Crippen molar-refractivity contribution in [2.45, 2.75) is 0 Å². The number of hydrogen-bond donors (Lipinski definition) is 1. The number of anilines is 1. The normalized spacial score (nSPS) is 10.3. The highest BCUT2D eigenvalue weighted by atomic mass is 35.5. The van der Waals surface area contributed by atoms with Gasteiger partial charge in [-0.25, -0.2) is 4.79 Å². The van der Waals surface area contributed by atoms with E-state index in [4.69, 9.17) is 11.6 Å². The van der Waals surface area contributed by atoms with E-state index < -0.39 is 0 Å². The molecule has 17 heavy (non-hydrogen) atoms. The number of carbonyl (C=O) groups excluding carboxylic acids is 1. The maximum atomic E-state index is 11.6. The van der Waals surface area contributed by atoms with E-state index in [0.717, 1.165) is 16.5 Å². The summed E-state index contributed by atoms with van der Waals surface area (Å²) in [6, 6.07) is 11.2. The van der Waals surface area contributed by atoms with E-state index in [1.54, 1.807) is 20.2 Å². The highest BCUT2D eigenvalue weighted by Crippen LogP contribution is 2.29. The fourth-order valence-corrected chi connectivity index (χ4v) is 1.83. The molecule has 0 unspecified atom stereocenters. The number of rotatable bonds is 1. The van der Waals surface area contributed by atoms with Gasteiger partial charge in [-0.2, -0.15) is 0 Å². The SMILES string of the molecule is CN(C)C(=O)Nc1ccc(Cl)c2ccccc12. The number of nitrogens with one attached hydrogen (secondary N) is 1. The Morgan fingerprint density at radius 3 is 2.41 bits per heavy atom. The van der Waals surface area contributed by atoms with Crippen molar-refractivity contribution in [3.63, 3.8) is 0 Å². The quantitative estimate of drug-likeness (QED) is 0.822. The molecule has 0 aliphatic heterocycles. The van der Waals surface area contributed by atoms with Crippen LogP contribution >= 0.6 is 11.6 Å². The number of urea groups is 1. The molecule has 0 saturated carbocycles. The Morgan fingerprint density at radius 1 is 1.12 bits per heavy atom. The van der Waals surface area contributed by atoms with E-state index in [0.29, 0.717) is 5.02 Å². The molecule has 2 amide bonds. The molecule has 0 aliphatic rings. The summed E-state index contributed by atoms with van der Waals surface area (Å²) < 4.78 is 0. The summed E-state index contributed by atoms with van der Waals surface area (Å²) in [5.74, 6) is 0. The van der Waals surface area contributed by atoms with Crippen molar-refractivity contribution >= 4 is 34.1 Å². The van der Waals surface area contributed by atoms with Crippen molar-refractivity contribution in [3.8, 4) is 0 Å². The van der Waals surface area contributed by atoms with Crippen LogP contribution in [-0.2, 0) is 0 Å². The Kier molecular flexibility index (Phi) is 3.20.